The summed E-state index contributed by atoms with van der Waals surface area (Å²) in [5.41, 5.74) is 10.7. The van der Waals surface area contributed by atoms with Crippen molar-refractivity contribution in [2.24, 2.45) is 5.73 Å². The molecule has 2 N–H and O–H groups in total. The Kier molecular flexibility index (Phi) is 3.79. The minimum absolute atomic E-state index is 0.231. The van der Waals surface area contributed by atoms with Crippen LogP contribution in [0, 0.1) is 13.8 Å². The topological polar surface area (TPSA) is 39.2 Å². The van der Waals surface area contributed by atoms with Crippen molar-refractivity contribution in [3.05, 3.63) is 57.5 Å². The van der Waals surface area contributed by atoms with Crippen molar-refractivity contribution in [2.75, 3.05) is 0 Å². The summed E-state index contributed by atoms with van der Waals surface area (Å²) in [5.74, 6) is 0.928. The van der Waals surface area contributed by atoms with E-state index in [2.05, 4.69) is 19.9 Å². The molecular weight excluding hydrogens is 246 g/mol. The third kappa shape index (κ3) is 2.31. The lowest BCUT2D eigenvalue weighted by atomic mass is 9.96. The van der Waals surface area contributed by atoms with E-state index in [4.69, 9.17) is 21.8 Å². The first kappa shape index (κ1) is 13.2. The molecule has 0 fully saturated rings. The predicted molar refractivity (Wildman–Crippen MR) is 75.0 cm³/mol. The van der Waals surface area contributed by atoms with Crippen molar-refractivity contribution >= 4 is 11.6 Å². The van der Waals surface area contributed by atoms with E-state index in [0.29, 0.717) is 5.02 Å². The van der Waals surface area contributed by atoms with Gasteiger partial charge in [0.05, 0.1) is 12.3 Å². The Morgan fingerprint density at radius 1 is 1.22 bits per heavy atom. The predicted octanol–water partition coefficient (Wildman–Crippen LogP) is 4.16. The van der Waals surface area contributed by atoms with Crippen LogP contribution in [0.2, 0.25) is 5.02 Å². The number of halogens is 1. The molecule has 96 valence electrons. The molecule has 1 aromatic heterocycles. The second-order valence-electron chi connectivity index (χ2n) is 4.59. The zero-order valence-electron chi connectivity index (χ0n) is 11.0. The maximum absolute atomic E-state index is 6.31. The van der Waals surface area contributed by atoms with Gasteiger partial charge in [-0.05, 0) is 42.7 Å². The molecule has 0 aliphatic carbocycles. The van der Waals surface area contributed by atoms with Crippen LogP contribution in [-0.2, 0) is 6.42 Å². The Labute approximate surface area is 113 Å². The molecule has 0 saturated carbocycles. The Morgan fingerprint density at radius 3 is 2.56 bits per heavy atom. The van der Waals surface area contributed by atoms with E-state index in [0.717, 1.165) is 23.3 Å². The number of nitrogens with two attached hydrogens (primary N) is 1. The summed E-state index contributed by atoms with van der Waals surface area (Å²) in [6, 6.07) is 5.73. The molecule has 1 unspecified atom stereocenters. The zero-order valence-corrected chi connectivity index (χ0v) is 11.7. The first-order valence-electron chi connectivity index (χ1n) is 6.13. The van der Waals surface area contributed by atoms with Gasteiger partial charge in [-0.2, -0.15) is 0 Å². The first-order chi connectivity index (χ1) is 8.54. The summed E-state index contributed by atoms with van der Waals surface area (Å²) in [6.45, 7) is 6.17. The fourth-order valence-corrected chi connectivity index (χ4v) is 2.46. The number of rotatable bonds is 3. The molecule has 1 atom stereocenters. The summed E-state index contributed by atoms with van der Waals surface area (Å²) in [7, 11) is 0. The Hall–Kier alpha value is -1.25. The molecule has 0 aliphatic heterocycles. The molecule has 0 saturated heterocycles. The van der Waals surface area contributed by atoms with Gasteiger partial charge in [0.25, 0.3) is 0 Å². The summed E-state index contributed by atoms with van der Waals surface area (Å²) < 4.78 is 5.43. The summed E-state index contributed by atoms with van der Waals surface area (Å²) in [6.07, 6.45) is 2.52. The van der Waals surface area contributed by atoms with Crippen LogP contribution in [0.25, 0.3) is 0 Å². The highest BCUT2D eigenvalue weighted by atomic mass is 35.5. The minimum Gasteiger partial charge on any atom is -0.469 e. The van der Waals surface area contributed by atoms with Crippen molar-refractivity contribution in [3.63, 3.8) is 0 Å². The van der Waals surface area contributed by atoms with Crippen LogP contribution in [0.15, 0.2) is 28.9 Å². The molecule has 0 amide bonds. The van der Waals surface area contributed by atoms with Gasteiger partial charge >= 0.3 is 0 Å². The van der Waals surface area contributed by atoms with Gasteiger partial charge < -0.3 is 10.2 Å². The second-order valence-corrected chi connectivity index (χ2v) is 5.00. The van der Waals surface area contributed by atoms with Crippen molar-refractivity contribution < 1.29 is 4.42 Å². The van der Waals surface area contributed by atoms with E-state index in [1.165, 1.54) is 11.1 Å². The molecule has 18 heavy (non-hydrogen) atoms. The standard InChI is InChI=1S/C15H18ClNO/c1-4-14-11(5-6-18-14)15(17)12-7-9(2)10(3)8-13(12)16/h5-8,15H,4,17H2,1-3H3. The maximum Gasteiger partial charge on any atom is 0.108 e. The van der Waals surface area contributed by atoms with Crippen LogP contribution in [-0.4, -0.2) is 0 Å². The van der Waals surface area contributed by atoms with E-state index >= 15 is 0 Å². The molecule has 1 aromatic carbocycles. The van der Waals surface area contributed by atoms with Crippen LogP contribution >= 0.6 is 11.6 Å². The molecule has 2 rings (SSSR count). The van der Waals surface area contributed by atoms with Crippen LogP contribution in [0.3, 0.4) is 0 Å². The molecule has 0 radical (unpaired) electrons. The third-order valence-corrected chi connectivity index (χ3v) is 3.71. The number of hydrogen-bond donors (Lipinski definition) is 1. The quantitative estimate of drug-likeness (QED) is 0.903. The average molecular weight is 264 g/mol. The highest BCUT2D eigenvalue weighted by Gasteiger charge is 2.18. The second kappa shape index (κ2) is 5.17. The highest BCUT2D eigenvalue weighted by Crippen LogP contribution is 2.31. The number of aryl methyl sites for hydroxylation is 3. The van der Waals surface area contributed by atoms with Gasteiger partial charge in [0.1, 0.15) is 5.76 Å². The summed E-state index contributed by atoms with van der Waals surface area (Å²) in [4.78, 5) is 0. The van der Waals surface area contributed by atoms with Crippen LogP contribution in [0.4, 0.5) is 0 Å². The van der Waals surface area contributed by atoms with Gasteiger partial charge in [-0.3, -0.25) is 0 Å². The molecule has 2 aromatic rings. The monoisotopic (exact) mass is 263 g/mol. The van der Waals surface area contributed by atoms with Crippen LogP contribution < -0.4 is 5.73 Å². The number of furan rings is 1. The van der Waals surface area contributed by atoms with E-state index in [1.54, 1.807) is 6.26 Å². The Bertz CT molecular complexity index is 560. The zero-order chi connectivity index (χ0) is 13.3. The van der Waals surface area contributed by atoms with Crippen molar-refractivity contribution in [3.8, 4) is 0 Å². The molecular formula is C15H18ClNO. The largest absolute Gasteiger partial charge is 0.469 e. The first-order valence-corrected chi connectivity index (χ1v) is 6.50. The molecule has 0 aliphatic rings. The summed E-state index contributed by atoms with van der Waals surface area (Å²) in [5, 5.41) is 0.717. The van der Waals surface area contributed by atoms with Gasteiger partial charge in [-0.15, -0.1) is 0 Å². The van der Waals surface area contributed by atoms with Crippen LogP contribution in [0.5, 0.6) is 0 Å². The van der Waals surface area contributed by atoms with Crippen molar-refractivity contribution in [2.45, 2.75) is 33.2 Å². The molecule has 1 heterocycles. The third-order valence-electron chi connectivity index (χ3n) is 3.38. The SMILES string of the molecule is CCc1occc1C(N)c1cc(C)c(C)cc1Cl. The Morgan fingerprint density at radius 2 is 1.89 bits per heavy atom. The average Bonchev–Trinajstić information content (AvgIpc) is 2.81. The number of benzene rings is 1. The minimum atomic E-state index is -0.231. The molecule has 3 heteroatoms. The van der Waals surface area contributed by atoms with Crippen LogP contribution in [0.1, 0.15) is 41.0 Å². The normalized spacial score (nSPS) is 12.7. The van der Waals surface area contributed by atoms with Gasteiger partial charge in [-0.1, -0.05) is 24.6 Å². The van der Waals surface area contributed by atoms with Gasteiger partial charge in [-0.25, -0.2) is 0 Å². The van der Waals surface area contributed by atoms with Gasteiger partial charge in [0.15, 0.2) is 0 Å². The van der Waals surface area contributed by atoms with Crippen molar-refractivity contribution in [1.82, 2.24) is 0 Å². The van der Waals surface area contributed by atoms with E-state index in [1.807, 2.05) is 19.1 Å². The van der Waals surface area contributed by atoms with E-state index < -0.39 is 0 Å². The lowest BCUT2D eigenvalue weighted by molar-refractivity contribution is 0.509. The molecule has 0 spiro atoms. The van der Waals surface area contributed by atoms with Gasteiger partial charge in [0, 0.05) is 17.0 Å². The molecule has 0 bridgehead atoms. The highest BCUT2D eigenvalue weighted by molar-refractivity contribution is 6.31. The van der Waals surface area contributed by atoms with E-state index in [9.17, 15) is 0 Å². The fourth-order valence-electron chi connectivity index (χ4n) is 2.12. The molecule has 2 nitrogen and oxygen atoms in total. The smallest absolute Gasteiger partial charge is 0.108 e. The number of hydrogen-bond acceptors (Lipinski definition) is 2. The maximum atomic E-state index is 6.31. The van der Waals surface area contributed by atoms with E-state index in [-0.39, 0.29) is 6.04 Å². The fraction of sp³-hybridized carbons (Fsp3) is 0.333. The lowest BCUT2D eigenvalue weighted by Gasteiger charge is -2.15. The summed E-state index contributed by atoms with van der Waals surface area (Å²) >= 11 is 6.30. The lowest BCUT2D eigenvalue weighted by Crippen LogP contribution is -2.13. The Balaban J connectivity index is 2.46. The van der Waals surface area contributed by atoms with Gasteiger partial charge in [0.2, 0.25) is 0 Å². The van der Waals surface area contributed by atoms with Crippen molar-refractivity contribution in [1.29, 1.82) is 0 Å².